The monoisotopic (exact) mass is 508 g/mol. The summed E-state index contributed by atoms with van der Waals surface area (Å²) < 4.78 is 7.47. The van der Waals surface area contributed by atoms with E-state index in [-0.39, 0.29) is 18.2 Å². The van der Waals surface area contributed by atoms with Crippen molar-refractivity contribution in [3.63, 3.8) is 0 Å². The van der Waals surface area contributed by atoms with Crippen molar-refractivity contribution in [1.82, 2.24) is 4.57 Å². The molecule has 1 atom stereocenters. The smallest absolute Gasteiger partial charge is 0.424 e. The molecule has 0 aliphatic carbocycles. The number of oxazole rings is 1. The van der Waals surface area contributed by atoms with Gasteiger partial charge in [-0.1, -0.05) is 86.3 Å². The summed E-state index contributed by atoms with van der Waals surface area (Å²) in [6.07, 6.45) is 2.45. The fraction of sp³-hybridized carbons (Fsp3) is 0.194. The van der Waals surface area contributed by atoms with Gasteiger partial charge in [0.2, 0.25) is 5.91 Å². The summed E-state index contributed by atoms with van der Waals surface area (Å²) in [5, 5.41) is 9.42. The minimum absolute atomic E-state index is 0.0377. The summed E-state index contributed by atoms with van der Waals surface area (Å²) >= 11 is 0. The second-order valence-corrected chi connectivity index (χ2v) is 9.52. The predicted molar refractivity (Wildman–Crippen MR) is 147 cm³/mol. The van der Waals surface area contributed by atoms with Crippen LogP contribution in [0.4, 0.5) is 5.69 Å². The lowest BCUT2D eigenvalue weighted by Crippen LogP contribution is -2.44. The van der Waals surface area contributed by atoms with Crippen LogP contribution < -0.4 is 10.7 Å². The van der Waals surface area contributed by atoms with Crippen LogP contribution in [0, 0.1) is 5.92 Å². The van der Waals surface area contributed by atoms with E-state index >= 15 is 0 Å². The molecule has 1 aliphatic rings. The van der Waals surface area contributed by atoms with E-state index in [9.17, 15) is 19.5 Å². The minimum Gasteiger partial charge on any atom is -0.481 e. The first kappa shape index (κ1) is 25.0. The number of carboxylic acids is 1. The molecule has 1 saturated heterocycles. The van der Waals surface area contributed by atoms with Gasteiger partial charge in [-0.05, 0) is 29.5 Å². The molecule has 0 spiro atoms. The number of carbonyl (C=O) groups excluding carboxylic acids is 1. The summed E-state index contributed by atoms with van der Waals surface area (Å²) in [4.78, 5) is 39.5. The average Bonchev–Trinajstić information content (AvgIpc) is 3.25. The van der Waals surface area contributed by atoms with Crippen LogP contribution >= 0.6 is 0 Å². The number of nitrogens with zero attached hydrogens (tertiary/aromatic N) is 2. The van der Waals surface area contributed by atoms with Crippen LogP contribution in [-0.4, -0.2) is 28.1 Å². The highest BCUT2D eigenvalue weighted by molar-refractivity contribution is 6.02. The molecule has 1 fully saturated rings. The quantitative estimate of drug-likeness (QED) is 0.289. The number of rotatable bonds is 9. The molecule has 7 nitrogen and oxygen atoms in total. The normalized spacial score (nSPS) is 13.7. The molecule has 0 unspecified atom stereocenters. The van der Waals surface area contributed by atoms with E-state index in [1.807, 2.05) is 79.7 Å². The van der Waals surface area contributed by atoms with Crippen LogP contribution in [-0.2, 0) is 16.0 Å². The number of β-lactam (4-membered cyclic amide) rings is 1. The lowest BCUT2D eigenvalue weighted by Gasteiger charge is -2.34. The Morgan fingerprint density at radius 3 is 2.24 bits per heavy atom. The van der Waals surface area contributed by atoms with Crippen LogP contribution in [0.25, 0.3) is 34.3 Å². The molecule has 192 valence electrons. The lowest BCUT2D eigenvalue weighted by atomic mass is 9.91. The van der Waals surface area contributed by atoms with Crippen LogP contribution in [0.5, 0.6) is 0 Å². The summed E-state index contributed by atoms with van der Waals surface area (Å²) in [5.41, 5.74) is 4.68. The SMILES string of the molecule is C=Cc1ccc(N2CCC2=O)c(-n2c(-c3ccccc3)c(-c3ccccc3)oc2=O)c1C[C@@H](C)CC(=O)O. The van der Waals surface area contributed by atoms with E-state index in [0.717, 1.165) is 22.3 Å². The van der Waals surface area contributed by atoms with Gasteiger partial charge in [0.15, 0.2) is 5.76 Å². The molecule has 1 amide bonds. The first-order valence-corrected chi connectivity index (χ1v) is 12.6. The summed E-state index contributed by atoms with van der Waals surface area (Å²) in [6, 6.07) is 22.6. The zero-order chi connectivity index (χ0) is 26.8. The maximum absolute atomic E-state index is 13.8. The lowest BCUT2D eigenvalue weighted by molar-refractivity contribution is -0.138. The second-order valence-electron chi connectivity index (χ2n) is 9.52. The fourth-order valence-corrected chi connectivity index (χ4v) is 5.02. The number of benzene rings is 3. The van der Waals surface area contributed by atoms with Crippen molar-refractivity contribution in [3.05, 3.63) is 101 Å². The molecule has 5 rings (SSSR count). The van der Waals surface area contributed by atoms with E-state index in [2.05, 4.69) is 6.58 Å². The number of aliphatic carboxylic acids is 1. The summed E-state index contributed by atoms with van der Waals surface area (Å²) in [5.74, 6) is -1.35. The molecular formula is C31H28N2O5. The van der Waals surface area contributed by atoms with Crippen molar-refractivity contribution < 1.29 is 19.1 Å². The van der Waals surface area contributed by atoms with Crippen molar-refractivity contribution in [2.75, 3.05) is 11.4 Å². The van der Waals surface area contributed by atoms with Crippen LogP contribution in [0.3, 0.4) is 0 Å². The van der Waals surface area contributed by atoms with E-state index in [1.165, 1.54) is 4.57 Å². The standard InChI is InChI=1S/C31H28N2O5/c1-3-21-14-15-25(32-17-16-26(32)34)29(24(21)18-20(2)19-27(35)36)33-28(22-10-6-4-7-11-22)30(38-31(33)37)23-12-8-5-9-13-23/h3-15,20H,1,16-19H2,2H3,(H,35,36)/t20-/m1/s1. The van der Waals surface area contributed by atoms with Gasteiger partial charge in [-0.15, -0.1) is 0 Å². The number of carbonyl (C=O) groups is 2. The zero-order valence-electron chi connectivity index (χ0n) is 21.1. The van der Waals surface area contributed by atoms with Gasteiger partial charge in [0.05, 0.1) is 11.4 Å². The molecule has 38 heavy (non-hydrogen) atoms. The number of hydrogen-bond acceptors (Lipinski definition) is 4. The Kier molecular flexibility index (Phi) is 6.83. The Hall–Kier alpha value is -4.65. The van der Waals surface area contributed by atoms with Crippen LogP contribution in [0.15, 0.2) is 88.6 Å². The van der Waals surface area contributed by atoms with Crippen LogP contribution in [0.1, 0.15) is 30.9 Å². The number of carboxylic acid groups (broad SMARTS) is 1. The molecule has 1 N–H and O–H groups in total. The summed E-state index contributed by atoms with van der Waals surface area (Å²) in [6.45, 7) is 6.36. The van der Waals surface area contributed by atoms with Crippen molar-refractivity contribution in [3.8, 4) is 28.3 Å². The molecule has 7 heteroatoms. The number of aromatic nitrogens is 1. The Labute approximate surface area is 220 Å². The Bertz CT molecular complexity index is 1570. The Balaban J connectivity index is 1.86. The average molecular weight is 509 g/mol. The number of anilines is 1. The fourth-order valence-electron chi connectivity index (χ4n) is 5.02. The molecule has 0 saturated carbocycles. The van der Waals surface area contributed by atoms with Gasteiger partial charge in [-0.3, -0.25) is 9.59 Å². The van der Waals surface area contributed by atoms with Crippen molar-refractivity contribution >= 4 is 23.6 Å². The molecule has 4 aromatic rings. The molecule has 0 bridgehead atoms. The molecule has 0 radical (unpaired) electrons. The minimum atomic E-state index is -0.898. The maximum Gasteiger partial charge on any atom is 0.424 e. The van der Waals surface area contributed by atoms with Gasteiger partial charge in [0.1, 0.15) is 5.69 Å². The zero-order valence-corrected chi connectivity index (χ0v) is 21.1. The van der Waals surface area contributed by atoms with Crippen molar-refractivity contribution in [1.29, 1.82) is 0 Å². The highest BCUT2D eigenvalue weighted by Crippen LogP contribution is 2.40. The Morgan fingerprint density at radius 2 is 1.68 bits per heavy atom. The third-order valence-electron chi connectivity index (χ3n) is 6.85. The number of hydrogen-bond donors (Lipinski definition) is 1. The first-order valence-electron chi connectivity index (χ1n) is 12.6. The highest BCUT2D eigenvalue weighted by atomic mass is 16.4. The second kappa shape index (κ2) is 10.4. The van der Waals surface area contributed by atoms with Gasteiger partial charge in [0.25, 0.3) is 0 Å². The van der Waals surface area contributed by atoms with Crippen LogP contribution in [0.2, 0.25) is 0 Å². The van der Waals surface area contributed by atoms with Gasteiger partial charge < -0.3 is 14.4 Å². The predicted octanol–water partition coefficient (Wildman–Crippen LogP) is 5.80. The van der Waals surface area contributed by atoms with Gasteiger partial charge in [-0.2, -0.15) is 0 Å². The molecule has 2 heterocycles. The third-order valence-corrected chi connectivity index (χ3v) is 6.85. The van der Waals surface area contributed by atoms with Gasteiger partial charge in [-0.25, -0.2) is 9.36 Å². The van der Waals surface area contributed by atoms with Crippen molar-refractivity contribution in [2.24, 2.45) is 5.92 Å². The molecule has 1 aliphatic heterocycles. The van der Waals surface area contributed by atoms with E-state index in [0.29, 0.717) is 42.2 Å². The Morgan fingerprint density at radius 1 is 1.03 bits per heavy atom. The molecular weight excluding hydrogens is 480 g/mol. The molecule has 3 aromatic carbocycles. The first-order chi connectivity index (χ1) is 18.4. The molecule has 1 aromatic heterocycles. The topological polar surface area (TPSA) is 92.8 Å². The van der Waals surface area contributed by atoms with Gasteiger partial charge >= 0.3 is 11.7 Å². The van der Waals surface area contributed by atoms with E-state index in [1.54, 1.807) is 11.0 Å². The summed E-state index contributed by atoms with van der Waals surface area (Å²) in [7, 11) is 0. The third kappa shape index (κ3) is 4.59. The largest absolute Gasteiger partial charge is 0.481 e. The van der Waals surface area contributed by atoms with E-state index < -0.39 is 11.7 Å². The van der Waals surface area contributed by atoms with Crippen molar-refractivity contribution in [2.45, 2.75) is 26.2 Å². The number of amides is 1. The van der Waals surface area contributed by atoms with E-state index in [4.69, 9.17) is 4.42 Å². The van der Waals surface area contributed by atoms with Gasteiger partial charge in [0, 0.05) is 30.5 Å². The maximum atomic E-state index is 13.8. The highest BCUT2D eigenvalue weighted by Gasteiger charge is 2.33.